The number of anilines is 1. The molecule has 0 spiro atoms. The number of carbonyl (C=O) groups excluding carboxylic acids is 1. The van der Waals surface area contributed by atoms with E-state index >= 15 is 0 Å². The minimum absolute atomic E-state index is 0.0351. The number of fused-ring (bicyclic) bond motifs is 1. The van der Waals surface area contributed by atoms with E-state index < -0.39 is 0 Å². The van der Waals surface area contributed by atoms with E-state index in [-0.39, 0.29) is 11.9 Å². The highest BCUT2D eigenvalue weighted by atomic mass is 16.5. The minimum Gasteiger partial charge on any atom is -0.385 e. The van der Waals surface area contributed by atoms with E-state index in [1.165, 1.54) is 11.3 Å². The number of rotatable bonds is 3. The first kappa shape index (κ1) is 12.5. The van der Waals surface area contributed by atoms with Crippen LogP contribution >= 0.6 is 0 Å². The van der Waals surface area contributed by atoms with Crippen LogP contribution in [0.1, 0.15) is 35.2 Å². The Balaban J connectivity index is 1.64. The van der Waals surface area contributed by atoms with Crippen molar-refractivity contribution in [2.75, 3.05) is 19.0 Å². The van der Waals surface area contributed by atoms with Gasteiger partial charge in [0.15, 0.2) is 0 Å². The molecule has 4 heteroatoms. The van der Waals surface area contributed by atoms with Crippen molar-refractivity contribution >= 4 is 11.6 Å². The monoisotopic (exact) mass is 260 g/mol. The van der Waals surface area contributed by atoms with Gasteiger partial charge in [0, 0.05) is 30.9 Å². The van der Waals surface area contributed by atoms with Crippen LogP contribution in [0.25, 0.3) is 0 Å². The van der Waals surface area contributed by atoms with Gasteiger partial charge >= 0.3 is 0 Å². The number of hydrogen-bond donors (Lipinski definition) is 2. The number of aryl methyl sites for hydroxylation is 1. The summed E-state index contributed by atoms with van der Waals surface area (Å²) in [6, 6.07) is 6.20. The molecule has 1 heterocycles. The Kier molecular flexibility index (Phi) is 3.42. The van der Waals surface area contributed by atoms with Crippen LogP contribution in [0.15, 0.2) is 18.2 Å². The van der Waals surface area contributed by atoms with Gasteiger partial charge in [0.2, 0.25) is 0 Å². The Hall–Kier alpha value is -1.55. The summed E-state index contributed by atoms with van der Waals surface area (Å²) in [7, 11) is 1.72. The number of methoxy groups -OCH3 is 1. The summed E-state index contributed by atoms with van der Waals surface area (Å²) in [5.74, 6) is 0.0351. The van der Waals surface area contributed by atoms with Crippen molar-refractivity contribution < 1.29 is 9.53 Å². The molecular formula is C15H20N2O2. The van der Waals surface area contributed by atoms with Crippen LogP contribution in [-0.4, -0.2) is 31.7 Å². The van der Waals surface area contributed by atoms with Crippen molar-refractivity contribution in [3.63, 3.8) is 0 Å². The number of carbonyl (C=O) groups is 1. The predicted molar refractivity (Wildman–Crippen MR) is 74.5 cm³/mol. The SMILES string of the molecule is COC1CC(NC(=O)c2ccc3c(c2)CCCN3)C1. The van der Waals surface area contributed by atoms with Gasteiger partial charge in [0.25, 0.3) is 5.91 Å². The van der Waals surface area contributed by atoms with Gasteiger partial charge < -0.3 is 15.4 Å². The fraction of sp³-hybridized carbons (Fsp3) is 0.533. The van der Waals surface area contributed by atoms with Crippen molar-refractivity contribution in [1.82, 2.24) is 5.32 Å². The number of nitrogens with one attached hydrogen (secondary N) is 2. The summed E-state index contributed by atoms with van der Waals surface area (Å²) in [6.45, 7) is 1.03. The molecule has 4 nitrogen and oxygen atoms in total. The van der Waals surface area contributed by atoms with Crippen molar-refractivity contribution in [3.8, 4) is 0 Å². The molecule has 2 aliphatic rings. The third-order valence-corrected chi connectivity index (χ3v) is 4.07. The molecule has 0 bridgehead atoms. The molecule has 0 aromatic heterocycles. The summed E-state index contributed by atoms with van der Waals surface area (Å²) in [4.78, 5) is 12.2. The van der Waals surface area contributed by atoms with Gasteiger partial charge in [-0.25, -0.2) is 0 Å². The number of ether oxygens (including phenoxy) is 1. The first-order chi connectivity index (χ1) is 9.26. The van der Waals surface area contributed by atoms with Crippen LogP contribution < -0.4 is 10.6 Å². The maximum Gasteiger partial charge on any atom is 0.251 e. The van der Waals surface area contributed by atoms with Gasteiger partial charge in [-0.05, 0) is 49.4 Å². The Morgan fingerprint density at radius 3 is 3.05 bits per heavy atom. The van der Waals surface area contributed by atoms with E-state index in [4.69, 9.17) is 4.74 Å². The second-order valence-electron chi connectivity index (χ2n) is 5.40. The summed E-state index contributed by atoms with van der Waals surface area (Å²) < 4.78 is 5.22. The van der Waals surface area contributed by atoms with Gasteiger partial charge in [-0.2, -0.15) is 0 Å². The maximum atomic E-state index is 12.2. The molecule has 1 fully saturated rings. The molecule has 1 amide bonds. The van der Waals surface area contributed by atoms with Gasteiger partial charge in [-0.15, -0.1) is 0 Å². The molecule has 2 N–H and O–H groups in total. The largest absolute Gasteiger partial charge is 0.385 e. The lowest BCUT2D eigenvalue weighted by atomic mass is 9.89. The van der Waals surface area contributed by atoms with Crippen LogP contribution in [-0.2, 0) is 11.2 Å². The summed E-state index contributed by atoms with van der Waals surface area (Å²) in [5, 5.41) is 6.42. The molecule has 0 atom stereocenters. The Labute approximate surface area is 113 Å². The lowest BCUT2D eigenvalue weighted by molar-refractivity contribution is 0.0176. The van der Waals surface area contributed by atoms with E-state index in [0.29, 0.717) is 6.10 Å². The van der Waals surface area contributed by atoms with Crippen molar-refractivity contribution in [2.45, 2.75) is 37.8 Å². The molecule has 0 unspecified atom stereocenters. The van der Waals surface area contributed by atoms with Crippen molar-refractivity contribution in [1.29, 1.82) is 0 Å². The van der Waals surface area contributed by atoms with Gasteiger partial charge in [0.05, 0.1) is 6.10 Å². The van der Waals surface area contributed by atoms with E-state index in [9.17, 15) is 4.79 Å². The Morgan fingerprint density at radius 1 is 1.42 bits per heavy atom. The van der Waals surface area contributed by atoms with Gasteiger partial charge in [-0.3, -0.25) is 4.79 Å². The Bertz CT molecular complexity index is 481. The number of benzene rings is 1. The zero-order chi connectivity index (χ0) is 13.2. The van der Waals surface area contributed by atoms with Crippen LogP contribution in [0.4, 0.5) is 5.69 Å². The molecule has 1 aliphatic heterocycles. The summed E-state index contributed by atoms with van der Waals surface area (Å²) >= 11 is 0. The average molecular weight is 260 g/mol. The first-order valence-corrected chi connectivity index (χ1v) is 6.96. The fourth-order valence-electron chi connectivity index (χ4n) is 2.76. The predicted octanol–water partition coefficient (Wildman–Crippen LogP) is 1.95. The fourth-order valence-corrected chi connectivity index (χ4v) is 2.76. The van der Waals surface area contributed by atoms with E-state index in [1.54, 1.807) is 7.11 Å². The zero-order valence-electron chi connectivity index (χ0n) is 11.2. The topological polar surface area (TPSA) is 50.4 Å². The minimum atomic E-state index is 0.0351. The molecule has 3 rings (SSSR count). The summed E-state index contributed by atoms with van der Waals surface area (Å²) in [5.41, 5.74) is 3.19. The van der Waals surface area contributed by atoms with Crippen molar-refractivity contribution in [2.24, 2.45) is 0 Å². The molecular weight excluding hydrogens is 240 g/mol. The Morgan fingerprint density at radius 2 is 2.26 bits per heavy atom. The van der Waals surface area contributed by atoms with Crippen LogP contribution in [0.2, 0.25) is 0 Å². The van der Waals surface area contributed by atoms with E-state index in [0.717, 1.165) is 37.8 Å². The second-order valence-corrected chi connectivity index (χ2v) is 5.40. The van der Waals surface area contributed by atoms with E-state index in [1.807, 2.05) is 18.2 Å². The maximum absolute atomic E-state index is 12.2. The molecule has 1 aromatic rings. The highest BCUT2D eigenvalue weighted by molar-refractivity contribution is 5.95. The second kappa shape index (κ2) is 5.21. The highest BCUT2D eigenvalue weighted by Gasteiger charge is 2.30. The molecule has 1 aromatic carbocycles. The normalized spacial score (nSPS) is 24.9. The quantitative estimate of drug-likeness (QED) is 0.873. The molecule has 1 aliphatic carbocycles. The average Bonchev–Trinajstić information content (AvgIpc) is 2.41. The van der Waals surface area contributed by atoms with Gasteiger partial charge in [-0.1, -0.05) is 0 Å². The smallest absolute Gasteiger partial charge is 0.251 e. The molecule has 0 radical (unpaired) electrons. The molecule has 1 saturated carbocycles. The van der Waals surface area contributed by atoms with E-state index in [2.05, 4.69) is 10.6 Å². The standard InChI is InChI=1S/C15H20N2O2/c1-19-13-8-12(9-13)17-15(18)11-4-5-14-10(7-11)3-2-6-16-14/h4-5,7,12-13,16H,2-3,6,8-9H2,1H3,(H,17,18). The summed E-state index contributed by atoms with van der Waals surface area (Å²) in [6.07, 6.45) is 4.36. The van der Waals surface area contributed by atoms with Crippen molar-refractivity contribution in [3.05, 3.63) is 29.3 Å². The number of hydrogen-bond acceptors (Lipinski definition) is 3. The van der Waals surface area contributed by atoms with Gasteiger partial charge in [0.1, 0.15) is 0 Å². The third-order valence-electron chi connectivity index (χ3n) is 4.07. The number of amides is 1. The van der Waals surface area contributed by atoms with Crippen LogP contribution in [0, 0.1) is 0 Å². The highest BCUT2D eigenvalue weighted by Crippen LogP contribution is 2.25. The molecule has 19 heavy (non-hydrogen) atoms. The van der Waals surface area contributed by atoms with Crippen LogP contribution in [0.3, 0.4) is 0 Å². The molecule has 102 valence electrons. The third kappa shape index (κ3) is 2.59. The molecule has 0 saturated heterocycles. The zero-order valence-corrected chi connectivity index (χ0v) is 11.2. The lowest BCUT2D eigenvalue weighted by Crippen LogP contribution is -2.47. The first-order valence-electron chi connectivity index (χ1n) is 6.96. The van der Waals surface area contributed by atoms with Crippen LogP contribution in [0.5, 0.6) is 0 Å². The lowest BCUT2D eigenvalue weighted by Gasteiger charge is -2.34.